The number of hydrogen-bond donors (Lipinski definition) is 1. The minimum Gasteiger partial charge on any atom is -0.336 e. The minimum absolute atomic E-state index is 0.0489. The summed E-state index contributed by atoms with van der Waals surface area (Å²) in [4.78, 5) is 35.3. The van der Waals surface area contributed by atoms with Gasteiger partial charge in [0.25, 0.3) is 0 Å². The number of amides is 2. The maximum absolute atomic E-state index is 13.7. The molecule has 2 heterocycles. The molecule has 3 aromatic carbocycles. The first kappa shape index (κ1) is 27.9. The molecular weight excluding hydrogens is 520 g/mol. The van der Waals surface area contributed by atoms with Gasteiger partial charge < -0.3 is 15.1 Å². The van der Waals surface area contributed by atoms with Crippen LogP contribution in [-0.4, -0.2) is 47.4 Å². The number of carbonyl (C=O) groups is 2. The van der Waals surface area contributed by atoms with Gasteiger partial charge in [-0.3, -0.25) is 14.6 Å². The topological polar surface area (TPSA) is 65.5 Å². The standard InChI is InChI=1S/C36H38N4O2/c41-35-32(36(42)40(31-13-5-2-6-14-31)23-22-39(35)26-27-10-3-1-4-11-27)15-7-8-21-38-34-24-33(34)29-18-16-28(17-19-29)30-12-9-20-37-25-30/h1-6,9-14,16-20,25,32-34,38H,7-8,15,21-24,26H2/t32?,33-,34+/m0/s1. The Morgan fingerprint density at radius 1 is 0.762 bits per heavy atom. The lowest BCUT2D eigenvalue weighted by Gasteiger charge is -2.23. The lowest BCUT2D eigenvalue weighted by atomic mass is 9.98. The van der Waals surface area contributed by atoms with Crippen LogP contribution in [0.5, 0.6) is 0 Å². The monoisotopic (exact) mass is 558 g/mol. The molecule has 1 saturated carbocycles. The lowest BCUT2D eigenvalue weighted by Crippen LogP contribution is -2.39. The zero-order valence-corrected chi connectivity index (χ0v) is 23.9. The van der Waals surface area contributed by atoms with Gasteiger partial charge in [-0.1, -0.05) is 85.3 Å². The van der Waals surface area contributed by atoms with Gasteiger partial charge in [-0.15, -0.1) is 0 Å². The normalized spacial score (nSPS) is 20.4. The Bertz CT molecular complexity index is 1460. The molecule has 0 bridgehead atoms. The van der Waals surface area contributed by atoms with E-state index in [2.05, 4.69) is 40.6 Å². The maximum atomic E-state index is 13.7. The number of carbonyl (C=O) groups excluding carboxylic acids is 2. The maximum Gasteiger partial charge on any atom is 0.239 e. The van der Waals surface area contributed by atoms with E-state index in [0.717, 1.165) is 42.6 Å². The van der Waals surface area contributed by atoms with Gasteiger partial charge in [-0.2, -0.15) is 0 Å². The van der Waals surface area contributed by atoms with E-state index in [4.69, 9.17) is 0 Å². The first-order valence-electron chi connectivity index (χ1n) is 15.1. The number of pyridine rings is 1. The van der Waals surface area contributed by atoms with Gasteiger partial charge in [-0.05, 0) is 66.3 Å². The smallest absolute Gasteiger partial charge is 0.239 e. The molecule has 2 fully saturated rings. The molecule has 6 rings (SSSR count). The Morgan fingerprint density at radius 3 is 2.26 bits per heavy atom. The van der Waals surface area contributed by atoms with E-state index in [1.165, 1.54) is 11.1 Å². The van der Waals surface area contributed by atoms with Crippen LogP contribution in [0, 0.1) is 5.92 Å². The first-order chi connectivity index (χ1) is 20.7. The summed E-state index contributed by atoms with van der Waals surface area (Å²) < 4.78 is 0. The molecule has 3 atom stereocenters. The number of aromatic nitrogens is 1. The Hall–Kier alpha value is -4.29. The molecule has 0 spiro atoms. The van der Waals surface area contributed by atoms with Crippen molar-refractivity contribution in [2.45, 2.75) is 44.2 Å². The van der Waals surface area contributed by atoms with Crippen LogP contribution in [0.15, 0.2) is 109 Å². The highest BCUT2D eigenvalue weighted by Crippen LogP contribution is 2.41. The molecule has 1 N–H and O–H groups in total. The summed E-state index contributed by atoms with van der Waals surface area (Å²) >= 11 is 0. The van der Waals surface area contributed by atoms with Crippen molar-refractivity contribution in [3.05, 3.63) is 121 Å². The fourth-order valence-electron chi connectivity index (χ4n) is 6.03. The minimum atomic E-state index is -0.650. The summed E-state index contributed by atoms with van der Waals surface area (Å²) in [5.41, 5.74) is 5.63. The second-order valence-corrected chi connectivity index (χ2v) is 11.4. The van der Waals surface area contributed by atoms with Gasteiger partial charge in [0.1, 0.15) is 5.92 Å². The van der Waals surface area contributed by atoms with Crippen LogP contribution in [0.2, 0.25) is 0 Å². The number of unbranched alkanes of at least 4 members (excludes halogenated alkanes) is 1. The number of hydrogen-bond acceptors (Lipinski definition) is 4. The number of anilines is 1. The molecule has 1 aliphatic heterocycles. The first-order valence-corrected chi connectivity index (χ1v) is 15.1. The van der Waals surface area contributed by atoms with Crippen LogP contribution in [0.3, 0.4) is 0 Å². The summed E-state index contributed by atoms with van der Waals surface area (Å²) in [6.45, 7) is 2.45. The predicted octanol–water partition coefficient (Wildman–Crippen LogP) is 6.06. The molecule has 214 valence electrons. The Kier molecular flexibility index (Phi) is 8.71. The molecule has 4 aromatic rings. The highest BCUT2D eigenvalue weighted by atomic mass is 16.2. The van der Waals surface area contributed by atoms with Crippen LogP contribution in [0.1, 0.15) is 42.7 Å². The van der Waals surface area contributed by atoms with E-state index in [0.29, 0.717) is 38.0 Å². The van der Waals surface area contributed by atoms with Crippen molar-refractivity contribution in [1.29, 1.82) is 0 Å². The SMILES string of the molecule is O=C1C(CCCCN[C@@H]2C[C@H]2c2ccc(-c3cccnc3)cc2)C(=O)N(c2ccccc2)CCN1Cc1ccccc1. The molecule has 1 aliphatic carbocycles. The third-order valence-electron chi connectivity index (χ3n) is 8.50. The molecule has 1 unspecified atom stereocenters. The largest absolute Gasteiger partial charge is 0.336 e. The Labute approximate surface area is 248 Å². The van der Waals surface area contributed by atoms with Crippen molar-refractivity contribution in [3.63, 3.8) is 0 Å². The number of benzene rings is 3. The van der Waals surface area contributed by atoms with Crippen molar-refractivity contribution in [2.24, 2.45) is 5.92 Å². The second kappa shape index (κ2) is 13.1. The molecule has 6 heteroatoms. The van der Waals surface area contributed by atoms with Crippen molar-refractivity contribution in [2.75, 3.05) is 24.5 Å². The molecule has 1 saturated heterocycles. The van der Waals surface area contributed by atoms with E-state index < -0.39 is 5.92 Å². The van der Waals surface area contributed by atoms with E-state index in [-0.39, 0.29) is 11.8 Å². The van der Waals surface area contributed by atoms with E-state index in [1.54, 1.807) is 11.1 Å². The summed E-state index contributed by atoms with van der Waals surface area (Å²) in [6, 6.07) is 33.2. The predicted molar refractivity (Wildman–Crippen MR) is 167 cm³/mol. The van der Waals surface area contributed by atoms with Crippen LogP contribution >= 0.6 is 0 Å². The molecule has 42 heavy (non-hydrogen) atoms. The van der Waals surface area contributed by atoms with Gasteiger partial charge in [0.15, 0.2) is 0 Å². The van der Waals surface area contributed by atoms with Crippen LogP contribution in [-0.2, 0) is 16.1 Å². The lowest BCUT2D eigenvalue weighted by molar-refractivity contribution is -0.140. The van der Waals surface area contributed by atoms with Crippen molar-refractivity contribution in [3.8, 4) is 11.1 Å². The van der Waals surface area contributed by atoms with Crippen LogP contribution in [0.4, 0.5) is 5.69 Å². The van der Waals surface area contributed by atoms with E-state index in [9.17, 15) is 9.59 Å². The summed E-state index contributed by atoms with van der Waals surface area (Å²) in [5.74, 6) is -0.230. The molecule has 2 aliphatic rings. The summed E-state index contributed by atoms with van der Waals surface area (Å²) in [7, 11) is 0. The molecule has 1 aromatic heterocycles. The van der Waals surface area contributed by atoms with Gasteiger partial charge >= 0.3 is 0 Å². The Morgan fingerprint density at radius 2 is 1.52 bits per heavy atom. The molecular formula is C36H38N4O2. The van der Waals surface area contributed by atoms with Gasteiger partial charge in [0, 0.05) is 49.7 Å². The quantitative estimate of drug-likeness (QED) is 0.180. The number of para-hydroxylation sites is 1. The highest BCUT2D eigenvalue weighted by Gasteiger charge is 2.39. The highest BCUT2D eigenvalue weighted by molar-refractivity contribution is 6.08. The second-order valence-electron chi connectivity index (χ2n) is 11.4. The molecule has 6 nitrogen and oxygen atoms in total. The third kappa shape index (κ3) is 6.60. The third-order valence-corrected chi connectivity index (χ3v) is 8.50. The molecule has 0 radical (unpaired) electrons. The van der Waals surface area contributed by atoms with Crippen LogP contribution < -0.4 is 10.2 Å². The Balaban J connectivity index is 1.02. The van der Waals surface area contributed by atoms with Gasteiger partial charge in [-0.25, -0.2) is 0 Å². The van der Waals surface area contributed by atoms with Crippen molar-refractivity contribution >= 4 is 17.5 Å². The summed E-state index contributed by atoms with van der Waals surface area (Å²) in [6.07, 6.45) is 7.17. The average Bonchev–Trinajstić information content (AvgIpc) is 3.84. The van der Waals surface area contributed by atoms with Crippen LogP contribution in [0.25, 0.3) is 11.1 Å². The van der Waals surface area contributed by atoms with Gasteiger partial charge in [0.2, 0.25) is 11.8 Å². The molecule has 2 amide bonds. The van der Waals surface area contributed by atoms with E-state index >= 15 is 0 Å². The zero-order valence-electron chi connectivity index (χ0n) is 23.9. The van der Waals surface area contributed by atoms with Crippen molar-refractivity contribution < 1.29 is 9.59 Å². The number of nitrogens with zero attached hydrogens (tertiary/aromatic N) is 3. The number of nitrogens with one attached hydrogen (secondary N) is 1. The van der Waals surface area contributed by atoms with Crippen molar-refractivity contribution in [1.82, 2.24) is 15.2 Å². The number of rotatable bonds is 11. The summed E-state index contributed by atoms with van der Waals surface area (Å²) in [5, 5.41) is 3.70. The fourth-order valence-corrected chi connectivity index (χ4v) is 6.03. The van der Waals surface area contributed by atoms with E-state index in [1.807, 2.05) is 77.8 Å². The zero-order chi connectivity index (χ0) is 28.7. The average molecular weight is 559 g/mol. The fraction of sp³-hybridized carbons (Fsp3) is 0.306. The van der Waals surface area contributed by atoms with Gasteiger partial charge in [0.05, 0.1) is 0 Å².